The molecule has 3 rings (SSSR count). The van der Waals surface area contributed by atoms with E-state index in [0.29, 0.717) is 17.3 Å². The fourth-order valence-corrected chi connectivity index (χ4v) is 1.79. The number of nitrogens with two attached hydrogens (primary N) is 1. The Morgan fingerprint density at radius 3 is 1.71 bits per heavy atom. The molecule has 21 heavy (non-hydrogen) atoms. The highest BCUT2D eigenvalue weighted by Gasteiger charge is 2.00. The van der Waals surface area contributed by atoms with Crippen molar-refractivity contribution in [2.24, 2.45) is 0 Å². The van der Waals surface area contributed by atoms with Gasteiger partial charge in [-0.25, -0.2) is 4.98 Å². The number of aromatic nitrogens is 1. The molecule has 0 bridgehead atoms. The average Bonchev–Trinajstić information content (AvgIpc) is 2.53. The first kappa shape index (κ1) is 13.0. The van der Waals surface area contributed by atoms with Crippen molar-refractivity contribution >= 4 is 5.82 Å². The number of hydrogen-bond donors (Lipinski definition) is 1. The number of nitrogens with zero attached hydrogens (tertiary/aromatic N) is 1. The lowest BCUT2D eigenvalue weighted by atomic mass is 10.3. The zero-order valence-electron chi connectivity index (χ0n) is 11.3. The van der Waals surface area contributed by atoms with E-state index in [1.165, 1.54) is 0 Å². The van der Waals surface area contributed by atoms with Gasteiger partial charge in [-0.2, -0.15) is 0 Å². The molecule has 1 aromatic heterocycles. The van der Waals surface area contributed by atoms with E-state index in [4.69, 9.17) is 15.2 Å². The third kappa shape index (κ3) is 3.51. The zero-order chi connectivity index (χ0) is 14.5. The first-order chi connectivity index (χ1) is 10.3. The van der Waals surface area contributed by atoms with Crippen molar-refractivity contribution in [2.75, 3.05) is 5.73 Å². The number of pyridine rings is 1. The van der Waals surface area contributed by atoms with Gasteiger partial charge in [-0.3, -0.25) is 0 Å². The van der Waals surface area contributed by atoms with Gasteiger partial charge in [0.05, 0.1) is 6.20 Å². The van der Waals surface area contributed by atoms with E-state index in [9.17, 15) is 0 Å². The second-order valence-corrected chi connectivity index (χ2v) is 4.41. The molecule has 0 aliphatic heterocycles. The zero-order valence-corrected chi connectivity index (χ0v) is 11.3. The highest BCUT2D eigenvalue weighted by atomic mass is 16.5. The fraction of sp³-hybridized carbons (Fsp3) is 0. The topological polar surface area (TPSA) is 57.4 Å². The summed E-state index contributed by atoms with van der Waals surface area (Å²) in [5, 5.41) is 0. The SMILES string of the molecule is Nc1ccc(Oc2ccc(Oc3ccccc3)cc2)cn1. The van der Waals surface area contributed by atoms with Gasteiger partial charge in [-0.15, -0.1) is 0 Å². The third-order valence-electron chi connectivity index (χ3n) is 2.80. The van der Waals surface area contributed by atoms with E-state index >= 15 is 0 Å². The minimum atomic E-state index is 0.467. The van der Waals surface area contributed by atoms with Crippen LogP contribution in [0.2, 0.25) is 0 Å². The van der Waals surface area contributed by atoms with Crippen LogP contribution in [-0.2, 0) is 0 Å². The second-order valence-electron chi connectivity index (χ2n) is 4.41. The van der Waals surface area contributed by atoms with Crippen molar-refractivity contribution < 1.29 is 9.47 Å². The molecule has 0 atom stereocenters. The summed E-state index contributed by atoms with van der Waals surface area (Å²) in [6, 6.07) is 20.5. The van der Waals surface area contributed by atoms with Crippen LogP contribution in [0.3, 0.4) is 0 Å². The fourth-order valence-electron chi connectivity index (χ4n) is 1.79. The van der Waals surface area contributed by atoms with Crippen molar-refractivity contribution in [3.8, 4) is 23.0 Å². The highest BCUT2D eigenvalue weighted by Crippen LogP contribution is 2.26. The van der Waals surface area contributed by atoms with Crippen LogP contribution in [0.4, 0.5) is 5.82 Å². The first-order valence-electron chi connectivity index (χ1n) is 6.52. The van der Waals surface area contributed by atoms with Gasteiger partial charge < -0.3 is 15.2 Å². The molecule has 1 heterocycles. The number of rotatable bonds is 4. The number of benzene rings is 2. The molecule has 0 aliphatic carbocycles. The summed E-state index contributed by atoms with van der Waals surface area (Å²) in [6.07, 6.45) is 1.59. The number of anilines is 1. The van der Waals surface area contributed by atoms with Crippen molar-refractivity contribution in [3.05, 3.63) is 72.9 Å². The monoisotopic (exact) mass is 278 g/mol. The highest BCUT2D eigenvalue weighted by molar-refractivity contribution is 5.38. The third-order valence-corrected chi connectivity index (χ3v) is 2.80. The lowest BCUT2D eigenvalue weighted by molar-refractivity contribution is 0.468. The van der Waals surface area contributed by atoms with Crippen LogP contribution in [0.15, 0.2) is 72.9 Å². The van der Waals surface area contributed by atoms with Crippen LogP contribution in [-0.4, -0.2) is 4.98 Å². The maximum Gasteiger partial charge on any atom is 0.145 e. The molecular formula is C17H14N2O2. The Morgan fingerprint density at radius 1 is 0.619 bits per heavy atom. The summed E-state index contributed by atoms with van der Waals surface area (Å²) in [5.41, 5.74) is 5.53. The van der Waals surface area contributed by atoms with E-state index in [1.54, 1.807) is 18.3 Å². The molecular weight excluding hydrogens is 264 g/mol. The van der Waals surface area contributed by atoms with Gasteiger partial charge >= 0.3 is 0 Å². The molecule has 0 aliphatic rings. The minimum Gasteiger partial charge on any atom is -0.457 e. The standard InChI is InChI=1S/C17H14N2O2/c18-17-11-10-16(12-19-17)21-15-8-6-14(7-9-15)20-13-4-2-1-3-5-13/h1-12H,(H2,18,19). The van der Waals surface area contributed by atoms with E-state index in [0.717, 1.165) is 11.5 Å². The minimum absolute atomic E-state index is 0.467. The molecule has 0 radical (unpaired) electrons. The van der Waals surface area contributed by atoms with Crippen molar-refractivity contribution in [1.82, 2.24) is 4.98 Å². The maximum atomic E-state index is 5.71. The molecule has 0 saturated carbocycles. The van der Waals surface area contributed by atoms with Gasteiger partial charge in [0, 0.05) is 0 Å². The van der Waals surface area contributed by atoms with Gasteiger partial charge in [0.15, 0.2) is 0 Å². The van der Waals surface area contributed by atoms with Crippen LogP contribution >= 0.6 is 0 Å². The smallest absolute Gasteiger partial charge is 0.145 e. The largest absolute Gasteiger partial charge is 0.457 e. The first-order valence-corrected chi connectivity index (χ1v) is 6.52. The van der Waals surface area contributed by atoms with Crippen LogP contribution in [0.5, 0.6) is 23.0 Å². The Bertz CT molecular complexity index is 695. The Balaban J connectivity index is 1.68. The van der Waals surface area contributed by atoms with Crippen LogP contribution in [0.25, 0.3) is 0 Å². The lowest BCUT2D eigenvalue weighted by Crippen LogP contribution is -1.90. The second kappa shape index (κ2) is 5.96. The molecule has 0 saturated heterocycles. The Morgan fingerprint density at radius 2 is 1.14 bits per heavy atom. The predicted octanol–water partition coefficient (Wildman–Crippen LogP) is 4.25. The summed E-state index contributed by atoms with van der Waals surface area (Å²) in [7, 11) is 0. The van der Waals surface area contributed by atoms with E-state index in [1.807, 2.05) is 54.6 Å². The lowest BCUT2D eigenvalue weighted by Gasteiger charge is -2.08. The molecule has 3 aromatic rings. The van der Waals surface area contributed by atoms with Crippen molar-refractivity contribution in [3.63, 3.8) is 0 Å². The van der Waals surface area contributed by atoms with E-state index < -0.39 is 0 Å². The Kier molecular flexibility index (Phi) is 3.69. The summed E-state index contributed by atoms with van der Waals surface area (Å²) >= 11 is 0. The van der Waals surface area contributed by atoms with Gasteiger partial charge in [-0.1, -0.05) is 18.2 Å². The van der Waals surface area contributed by atoms with Gasteiger partial charge in [0.2, 0.25) is 0 Å². The molecule has 0 unspecified atom stereocenters. The summed E-state index contributed by atoms with van der Waals surface area (Å²) < 4.78 is 11.4. The summed E-state index contributed by atoms with van der Waals surface area (Å²) in [4.78, 5) is 3.98. The normalized spacial score (nSPS) is 10.1. The Hall–Kier alpha value is -3.01. The molecule has 2 aromatic carbocycles. The number of para-hydroxylation sites is 1. The molecule has 0 fully saturated rings. The van der Waals surface area contributed by atoms with E-state index in [-0.39, 0.29) is 0 Å². The van der Waals surface area contributed by atoms with Gasteiger partial charge in [0.1, 0.15) is 28.8 Å². The predicted molar refractivity (Wildman–Crippen MR) is 81.7 cm³/mol. The van der Waals surface area contributed by atoms with Gasteiger partial charge in [0.25, 0.3) is 0 Å². The maximum absolute atomic E-state index is 5.71. The van der Waals surface area contributed by atoms with Crippen LogP contribution in [0, 0.1) is 0 Å². The molecule has 104 valence electrons. The van der Waals surface area contributed by atoms with Crippen LogP contribution < -0.4 is 15.2 Å². The number of hydrogen-bond acceptors (Lipinski definition) is 4. The van der Waals surface area contributed by atoms with Crippen molar-refractivity contribution in [2.45, 2.75) is 0 Å². The molecule has 0 spiro atoms. The van der Waals surface area contributed by atoms with E-state index in [2.05, 4.69) is 4.98 Å². The number of nitrogen functional groups attached to an aromatic ring is 1. The van der Waals surface area contributed by atoms with Crippen molar-refractivity contribution in [1.29, 1.82) is 0 Å². The number of ether oxygens (including phenoxy) is 2. The molecule has 0 amide bonds. The molecule has 2 N–H and O–H groups in total. The summed E-state index contributed by atoms with van der Waals surface area (Å²) in [5.74, 6) is 3.37. The van der Waals surface area contributed by atoms with Crippen LogP contribution in [0.1, 0.15) is 0 Å². The Labute approximate surface area is 122 Å². The molecule has 4 heteroatoms. The molecule has 4 nitrogen and oxygen atoms in total. The van der Waals surface area contributed by atoms with Gasteiger partial charge in [-0.05, 0) is 48.5 Å². The average molecular weight is 278 g/mol. The quantitative estimate of drug-likeness (QED) is 0.775. The summed E-state index contributed by atoms with van der Waals surface area (Å²) in [6.45, 7) is 0.